The molecule has 3 N–H and O–H groups in total. The lowest BCUT2D eigenvalue weighted by molar-refractivity contribution is -0.194. The van der Waals surface area contributed by atoms with E-state index in [1.54, 1.807) is 0 Å². The number of hydroxylamine groups is 1. The van der Waals surface area contributed by atoms with E-state index in [1.165, 1.54) is 5.56 Å². The highest BCUT2D eigenvalue weighted by Crippen LogP contribution is 2.21. The number of hydrazone groups is 1. The van der Waals surface area contributed by atoms with Gasteiger partial charge < -0.3 is 4.74 Å². The maximum atomic E-state index is 11.8. The fourth-order valence-corrected chi connectivity index (χ4v) is 2.53. The monoisotopic (exact) mass is 348 g/mol. The van der Waals surface area contributed by atoms with E-state index in [0.29, 0.717) is 6.61 Å². The first-order chi connectivity index (χ1) is 11.9. The van der Waals surface area contributed by atoms with Crippen LogP contribution in [0.5, 0.6) is 0 Å². The molecule has 1 aliphatic rings. The average molecular weight is 348 g/mol. The van der Waals surface area contributed by atoms with Gasteiger partial charge in [0.1, 0.15) is 0 Å². The number of hydrogen-bond acceptors (Lipinski definition) is 5. The van der Waals surface area contributed by atoms with E-state index in [1.807, 2.05) is 39.0 Å². The third kappa shape index (κ3) is 6.81. The van der Waals surface area contributed by atoms with Crippen LogP contribution in [-0.4, -0.2) is 28.6 Å². The first kappa shape index (κ1) is 19.4. The Morgan fingerprint density at radius 2 is 1.92 bits per heavy atom. The number of ether oxygens (including phenoxy) is 1. The van der Waals surface area contributed by atoms with Crippen molar-refractivity contribution in [3.05, 3.63) is 35.9 Å². The zero-order chi connectivity index (χ0) is 18.3. The number of carbonyl (C=O) groups excluding carboxylic acids is 1. The fourth-order valence-electron chi connectivity index (χ4n) is 2.53. The molecule has 25 heavy (non-hydrogen) atoms. The highest BCUT2D eigenvalue weighted by atomic mass is 16.7. The molecule has 0 bridgehead atoms. The van der Waals surface area contributed by atoms with E-state index in [4.69, 9.17) is 15.4 Å². The maximum Gasteiger partial charge on any atom is 0.377 e. The minimum atomic E-state index is -0.593. The van der Waals surface area contributed by atoms with Crippen molar-refractivity contribution in [2.75, 3.05) is 0 Å². The van der Waals surface area contributed by atoms with Crippen molar-refractivity contribution in [1.82, 2.24) is 10.6 Å². The Morgan fingerprint density at radius 1 is 1.28 bits per heavy atom. The number of rotatable bonds is 5. The third-order valence-electron chi connectivity index (χ3n) is 3.73. The van der Waals surface area contributed by atoms with Crippen molar-refractivity contribution in [3.8, 4) is 0 Å². The Morgan fingerprint density at radius 3 is 2.48 bits per heavy atom. The van der Waals surface area contributed by atoms with Gasteiger partial charge in [0.2, 0.25) is 0 Å². The third-order valence-corrected chi connectivity index (χ3v) is 3.73. The molecule has 0 unspecified atom stereocenters. The minimum Gasteiger partial charge on any atom is -0.374 e. The number of nitrogens with one attached hydrogen (secondary N) is 1. The molecule has 138 valence electrons. The SMILES string of the molecule is CC(C)(C)ON(N=C1CCC(OCc2ccccc2)CC1)C(=O)NN. The molecule has 1 aliphatic carbocycles. The lowest BCUT2D eigenvalue weighted by Gasteiger charge is -2.28. The number of amides is 2. The molecule has 0 radical (unpaired) electrons. The van der Waals surface area contributed by atoms with E-state index >= 15 is 0 Å². The standard InChI is InChI=1S/C18H28N4O3/c1-18(2,3)25-22(17(23)20-19)21-15-9-11-16(12-10-15)24-13-14-7-5-4-6-8-14/h4-8,16H,9-13,19H2,1-3H3,(H,20,23). The molecule has 0 aliphatic heterocycles. The van der Waals surface area contributed by atoms with Gasteiger partial charge in [-0.3, -0.25) is 5.43 Å². The molecule has 7 nitrogen and oxygen atoms in total. The summed E-state index contributed by atoms with van der Waals surface area (Å²) in [5.74, 6) is 5.20. The Hall–Kier alpha value is -1.96. The first-order valence-corrected chi connectivity index (χ1v) is 8.59. The smallest absolute Gasteiger partial charge is 0.374 e. The van der Waals surface area contributed by atoms with Gasteiger partial charge in [-0.25, -0.2) is 15.5 Å². The second-order valence-corrected chi connectivity index (χ2v) is 7.09. The Bertz CT molecular complexity index is 574. The predicted molar refractivity (Wildman–Crippen MR) is 96.3 cm³/mol. The van der Waals surface area contributed by atoms with Crippen LogP contribution in [0.1, 0.15) is 52.0 Å². The number of nitrogens with zero attached hydrogens (tertiary/aromatic N) is 2. The average Bonchev–Trinajstić information content (AvgIpc) is 2.59. The maximum absolute atomic E-state index is 11.8. The van der Waals surface area contributed by atoms with E-state index in [-0.39, 0.29) is 6.10 Å². The molecular weight excluding hydrogens is 320 g/mol. The van der Waals surface area contributed by atoms with Crippen LogP contribution in [0, 0.1) is 0 Å². The molecule has 0 atom stereocenters. The topological polar surface area (TPSA) is 89.2 Å². The summed E-state index contributed by atoms with van der Waals surface area (Å²) in [6.07, 6.45) is 3.49. The highest BCUT2D eigenvalue weighted by molar-refractivity contribution is 5.86. The Labute approximate surface area is 149 Å². The van der Waals surface area contributed by atoms with Gasteiger partial charge in [0.25, 0.3) is 0 Å². The van der Waals surface area contributed by atoms with Gasteiger partial charge in [-0.15, -0.1) is 0 Å². The number of urea groups is 1. The van der Waals surface area contributed by atoms with Crippen molar-refractivity contribution in [1.29, 1.82) is 0 Å². The van der Waals surface area contributed by atoms with Crippen LogP contribution in [0.15, 0.2) is 35.4 Å². The van der Waals surface area contributed by atoms with Crippen LogP contribution in [0.2, 0.25) is 0 Å². The van der Waals surface area contributed by atoms with E-state index in [0.717, 1.165) is 36.6 Å². The summed E-state index contributed by atoms with van der Waals surface area (Å²) >= 11 is 0. The van der Waals surface area contributed by atoms with Gasteiger partial charge in [0.15, 0.2) is 0 Å². The predicted octanol–water partition coefficient (Wildman–Crippen LogP) is 3.12. The summed E-state index contributed by atoms with van der Waals surface area (Å²) in [6.45, 7) is 6.15. The summed E-state index contributed by atoms with van der Waals surface area (Å²) in [4.78, 5) is 17.4. The van der Waals surface area contributed by atoms with Crippen molar-refractivity contribution >= 4 is 11.7 Å². The van der Waals surface area contributed by atoms with Crippen LogP contribution in [0.4, 0.5) is 4.79 Å². The highest BCUT2D eigenvalue weighted by Gasteiger charge is 2.24. The van der Waals surface area contributed by atoms with Crippen LogP contribution in [-0.2, 0) is 16.2 Å². The number of nitrogens with two attached hydrogens (primary N) is 1. The van der Waals surface area contributed by atoms with Crippen molar-refractivity contribution in [2.45, 2.75) is 64.8 Å². The molecule has 1 aromatic rings. The number of benzene rings is 1. The molecule has 1 fully saturated rings. The fraction of sp³-hybridized carbons (Fsp3) is 0.556. The van der Waals surface area contributed by atoms with Gasteiger partial charge in [-0.2, -0.15) is 5.10 Å². The number of hydrazine groups is 1. The molecule has 1 aromatic carbocycles. The molecule has 1 saturated carbocycles. The normalized spacial score (nSPS) is 17.9. The molecule has 0 aromatic heterocycles. The van der Waals surface area contributed by atoms with Crippen molar-refractivity contribution in [2.24, 2.45) is 10.9 Å². The number of carbonyl (C=O) groups is 1. The second-order valence-electron chi connectivity index (χ2n) is 7.09. The van der Waals surface area contributed by atoms with Gasteiger partial charge in [-0.1, -0.05) is 35.5 Å². The summed E-state index contributed by atoms with van der Waals surface area (Å²) in [5, 5.41) is 5.27. The molecule has 0 spiro atoms. The minimum absolute atomic E-state index is 0.208. The second kappa shape index (κ2) is 8.94. The van der Waals surface area contributed by atoms with Crippen molar-refractivity contribution in [3.63, 3.8) is 0 Å². The summed E-state index contributed by atoms with van der Waals surface area (Å²) in [6, 6.07) is 9.54. The Kier molecular flexibility index (Phi) is 6.92. The van der Waals surface area contributed by atoms with Crippen LogP contribution < -0.4 is 11.3 Å². The molecular formula is C18H28N4O3. The molecule has 2 rings (SSSR count). The zero-order valence-electron chi connectivity index (χ0n) is 15.2. The van der Waals surface area contributed by atoms with Crippen LogP contribution in [0.25, 0.3) is 0 Å². The quantitative estimate of drug-likeness (QED) is 0.486. The number of hydrogen-bond donors (Lipinski definition) is 2. The zero-order valence-corrected chi connectivity index (χ0v) is 15.2. The molecule has 0 heterocycles. The van der Waals surface area contributed by atoms with Gasteiger partial charge in [0.05, 0.1) is 18.3 Å². The van der Waals surface area contributed by atoms with E-state index < -0.39 is 11.6 Å². The molecule has 2 amide bonds. The van der Waals surface area contributed by atoms with Gasteiger partial charge in [0, 0.05) is 5.71 Å². The summed E-state index contributed by atoms with van der Waals surface area (Å²) in [7, 11) is 0. The lowest BCUT2D eigenvalue weighted by Crippen LogP contribution is -2.44. The first-order valence-electron chi connectivity index (χ1n) is 8.59. The summed E-state index contributed by atoms with van der Waals surface area (Å²) in [5.41, 5.74) is 3.59. The lowest BCUT2D eigenvalue weighted by atomic mass is 9.96. The van der Waals surface area contributed by atoms with Crippen LogP contribution >= 0.6 is 0 Å². The van der Waals surface area contributed by atoms with Crippen molar-refractivity contribution < 1.29 is 14.4 Å². The van der Waals surface area contributed by atoms with Gasteiger partial charge in [-0.05, 0) is 52.0 Å². The molecule has 7 heteroatoms. The van der Waals surface area contributed by atoms with Crippen LogP contribution in [0.3, 0.4) is 0 Å². The van der Waals surface area contributed by atoms with E-state index in [9.17, 15) is 4.79 Å². The largest absolute Gasteiger partial charge is 0.377 e. The summed E-state index contributed by atoms with van der Waals surface area (Å²) < 4.78 is 5.97. The van der Waals surface area contributed by atoms with Gasteiger partial charge >= 0.3 is 6.03 Å². The van der Waals surface area contributed by atoms with E-state index in [2.05, 4.69) is 22.7 Å². The molecule has 0 saturated heterocycles. The Balaban J connectivity index is 1.86.